The molecule has 0 spiro atoms. The Bertz CT molecular complexity index is 854. The zero-order chi connectivity index (χ0) is 17.8. The van der Waals surface area contributed by atoms with Crippen LogP contribution in [0.25, 0.3) is 5.69 Å². The molecule has 0 aliphatic carbocycles. The molecule has 1 unspecified atom stereocenters. The molecule has 0 fully saturated rings. The van der Waals surface area contributed by atoms with E-state index in [0.29, 0.717) is 10.4 Å². The van der Waals surface area contributed by atoms with Crippen molar-refractivity contribution in [2.24, 2.45) is 0 Å². The Morgan fingerprint density at radius 1 is 1.04 bits per heavy atom. The summed E-state index contributed by atoms with van der Waals surface area (Å²) in [7, 11) is 3.28. The molecule has 3 aromatic rings. The van der Waals surface area contributed by atoms with Crippen LogP contribution in [-0.2, 0) is 9.53 Å². The number of carbonyl (C=O) groups is 2. The summed E-state index contributed by atoms with van der Waals surface area (Å²) in [4.78, 5) is 27.1. The van der Waals surface area contributed by atoms with Crippen LogP contribution in [0.3, 0.4) is 0 Å². The first-order chi connectivity index (χ1) is 12.1. The molecule has 25 heavy (non-hydrogen) atoms. The summed E-state index contributed by atoms with van der Waals surface area (Å²) in [6.45, 7) is 0. The van der Waals surface area contributed by atoms with E-state index >= 15 is 0 Å². The zero-order valence-electron chi connectivity index (χ0n) is 14.0. The number of ether oxygens (including phenoxy) is 1. The third-order valence-electron chi connectivity index (χ3n) is 3.70. The van der Waals surface area contributed by atoms with Crippen LogP contribution < -0.4 is 0 Å². The van der Waals surface area contributed by atoms with Crippen LogP contribution in [-0.4, -0.2) is 35.4 Å². The van der Waals surface area contributed by atoms with Gasteiger partial charge in [0.05, 0.1) is 5.69 Å². The van der Waals surface area contributed by atoms with Crippen molar-refractivity contribution in [3.63, 3.8) is 0 Å². The van der Waals surface area contributed by atoms with E-state index in [-0.39, 0.29) is 5.91 Å². The monoisotopic (exact) mass is 354 g/mol. The Hall–Kier alpha value is -2.86. The van der Waals surface area contributed by atoms with E-state index in [9.17, 15) is 9.59 Å². The van der Waals surface area contributed by atoms with E-state index in [4.69, 9.17) is 4.74 Å². The smallest absolute Gasteiger partial charge is 0.351 e. The molecule has 0 saturated heterocycles. The molecule has 2 aromatic heterocycles. The first kappa shape index (κ1) is 17.0. The highest BCUT2D eigenvalue weighted by Crippen LogP contribution is 2.26. The lowest BCUT2D eigenvalue weighted by atomic mass is 10.1. The number of nitrogens with zero attached hydrogens (tertiary/aromatic N) is 2. The molecule has 1 amide bonds. The van der Waals surface area contributed by atoms with Crippen molar-refractivity contribution in [2.75, 3.05) is 14.1 Å². The number of hydrogen-bond acceptors (Lipinski definition) is 4. The van der Waals surface area contributed by atoms with Crippen LogP contribution in [0.2, 0.25) is 0 Å². The number of rotatable bonds is 5. The lowest BCUT2D eigenvalue weighted by Gasteiger charge is -2.21. The third-order valence-corrected chi connectivity index (χ3v) is 4.59. The maximum Gasteiger partial charge on any atom is 0.351 e. The van der Waals surface area contributed by atoms with Crippen LogP contribution in [0.4, 0.5) is 0 Å². The first-order valence-corrected chi connectivity index (χ1v) is 8.64. The Balaban J connectivity index is 1.89. The Kier molecular flexibility index (Phi) is 5.00. The van der Waals surface area contributed by atoms with Crippen LogP contribution in [0.15, 0.2) is 66.3 Å². The topological polar surface area (TPSA) is 51.5 Å². The van der Waals surface area contributed by atoms with Crippen molar-refractivity contribution in [1.29, 1.82) is 0 Å². The molecule has 5 nitrogen and oxygen atoms in total. The van der Waals surface area contributed by atoms with Crippen LogP contribution in [0, 0.1) is 0 Å². The van der Waals surface area contributed by atoms with Crippen LogP contribution in [0.1, 0.15) is 21.3 Å². The van der Waals surface area contributed by atoms with Gasteiger partial charge in [-0.2, -0.15) is 0 Å². The molecular weight excluding hydrogens is 336 g/mol. The molecule has 1 aromatic carbocycles. The van der Waals surface area contributed by atoms with Gasteiger partial charge in [-0.05, 0) is 23.6 Å². The summed E-state index contributed by atoms with van der Waals surface area (Å²) >= 11 is 1.29. The number of esters is 1. The fraction of sp³-hybridized carbons (Fsp3) is 0.158. The largest absolute Gasteiger partial charge is 0.443 e. The molecule has 0 N–H and O–H groups in total. The Morgan fingerprint density at radius 2 is 1.72 bits per heavy atom. The Morgan fingerprint density at radius 3 is 2.36 bits per heavy atom. The second-order valence-corrected chi connectivity index (χ2v) is 6.57. The fourth-order valence-electron chi connectivity index (χ4n) is 2.44. The van der Waals surface area contributed by atoms with Crippen LogP contribution in [0.5, 0.6) is 0 Å². The molecule has 0 saturated carbocycles. The summed E-state index contributed by atoms with van der Waals surface area (Å²) in [5.74, 6) is -0.790. The zero-order valence-corrected chi connectivity index (χ0v) is 14.8. The average Bonchev–Trinajstić information content (AvgIpc) is 3.30. The lowest BCUT2D eigenvalue weighted by Crippen LogP contribution is -2.31. The van der Waals surface area contributed by atoms with Gasteiger partial charge in [-0.3, -0.25) is 4.79 Å². The van der Waals surface area contributed by atoms with Crippen molar-refractivity contribution >= 4 is 23.2 Å². The predicted octanol–water partition coefficient (Wildman–Crippen LogP) is 3.53. The molecule has 0 bridgehead atoms. The summed E-state index contributed by atoms with van der Waals surface area (Å²) in [6.07, 6.45) is 2.75. The summed E-state index contributed by atoms with van der Waals surface area (Å²) in [5.41, 5.74) is 1.39. The molecule has 0 aliphatic heterocycles. The number of hydrogen-bond donors (Lipinski definition) is 0. The molecule has 0 aliphatic rings. The van der Waals surface area contributed by atoms with Crippen molar-refractivity contribution < 1.29 is 14.3 Å². The molecule has 128 valence electrons. The molecule has 0 radical (unpaired) electrons. The van der Waals surface area contributed by atoms with E-state index in [1.54, 1.807) is 26.2 Å². The van der Waals surface area contributed by atoms with Gasteiger partial charge in [-0.15, -0.1) is 11.3 Å². The number of benzene rings is 1. The molecular formula is C19H18N2O3S. The van der Waals surface area contributed by atoms with Crippen molar-refractivity contribution in [1.82, 2.24) is 9.47 Å². The lowest BCUT2D eigenvalue weighted by molar-refractivity contribution is -0.138. The average molecular weight is 354 g/mol. The van der Waals surface area contributed by atoms with Gasteiger partial charge in [0, 0.05) is 32.1 Å². The van der Waals surface area contributed by atoms with E-state index < -0.39 is 12.1 Å². The summed E-state index contributed by atoms with van der Waals surface area (Å²) in [5, 5.41) is 1.83. The number of carbonyl (C=O) groups excluding carboxylic acids is 2. The number of aromatic nitrogens is 1. The SMILES string of the molecule is CN(C)C(=O)C(OC(=O)c1sccc1-n1cccc1)c1ccccc1. The van der Waals surface area contributed by atoms with E-state index in [2.05, 4.69) is 0 Å². The third kappa shape index (κ3) is 3.64. The van der Waals surface area contributed by atoms with Crippen molar-refractivity contribution in [3.05, 3.63) is 76.7 Å². The Labute approximate surface area is 150 Å². The number of likely N-dealkylation sites (N-methyl/N-ethyl adjacent to an activating group) is 1. The normalized spacial score (nSPS) is 11.8. The molecule has 1 atom stereocenters. The van der Waals surface area contributed by atoms with Crippen molar-refractivity contribution in [2.45, 2.75) is 6.10 Å². The second kappa shape index (κ2) is 7.36. The quantitative estimate of drug-likeness (QED) is 0.659. The van der Waals surface area contributed by atoms with Gasteiger partial charge in [-0.1, -0.05) is 30.3 Å². The first-order valence-electron chi connectivity index (χ1n) is 7.76. The predicted molar refractivity (Wildman–Crippen MR) is 96.9 cm³/mol. The minimum atomic E-state index is -0.969. The fourth-order valence-corrected chi connectivity index (χ4v) is 3.21. The van der Waals surface area contributed by atoms with Crippen molar-refractivity contribution in [3.8, 4) is 5.69 Å². The summed E-state index contributed by atoms with van der Waals surface area (Å²) in [6, 6.07) is 14.7. The van der Waals surface area contributed by atoms with Gasteiger partial charge in [0.15, 0.2) is 0 Å². The standard InChI is InChI=1S/C19H18N2O3S/c1-20(2)18(22)16(14-8-4-3-5-9-14)24-19(23)17-15(10-13-25-17)21-11-6-7-12-21/h3-13,16H,1-2H3. The highest BCUT2D eigenvalue weighted by molar-refractivity contribution is 7.12. The van der Waals surface area contributed by atoms with Gasteiger partial charge in [0.25, 0.3) is 5.91 Å². The van der Waals surface area contributed by atoms with Gasteiger partial charge in [0.2, 0.25) is 6.10 Å². The van der Waals surface area contributed by atoms with Crippen LogP contribution >= 0.6 is 11.3 Å². The van der Waals surface area contributed by atoms with E-state index in [1.807, 2.05) is 58.7 Å². The highest BCUT2D eigenvalue weighted by Gasteiger charge is 2.28. The molecule has 3 rings (SSSR count). The van der Waals surface area contributed by atoms with E-state index in [0.717, 1.165) is 5.69 Å². The maximum absolute atomic E-state index is 12.7. The molecule has 6 heteroatoms. The van der Waals surface area contributed by atoms with E-state index in [1.165, 1.54) is 16.2 Å². The minimum absolute atomic E-state index is 0.279. The number of thiophene rings is 1. The van der Waals surface area contributed by atoms with Gasteiger partial charge in [0.1, 0.15) is 4.88 Å². The second-order valence-electron chi connectivity index (χ2n) is 5.65. The van der Waals surface area contributed by atoms with Gasteiger partial charge >= 0.3 is 5.97 Å². The molecule has 2 heterocycles. The maximum atomic E-state index is 12.7. The number of amides is 1. The van der Waals surface area contributed by atoms with Gasteiger partial charge in [-0.25, -0.2) is 4.79 Å². The summed E-state index contributed by atoms with van der Waals surface area (Å²) < 4.78 is 7.46. The minimum Gasteiger partial charge on any atom is -0.443 e. The highest BCUT2D eigenvalue weighted by atomic mass is 32.1. The van der Waals surface area contributed by atoms with Gasteiger partial charge < -0.3 is 14.2 Å².